The van der Waals surface area contributed by atoms with E-state index in [0.29, 0.717) is 11.1 Å². The van der Waals surface area contributed by atoms with Crippen LogP contribution in [-0.2, 0) is 14.3 Å². The lowest BCUT2D eigenvalue weighted by Crippen LogP contribution is -2.45. The zero-order valence-electron chi connectivity index (χ0n) is 22.9. The Morgan fingerprint density at radius 3 is 1.30 bits per heavy atom. The highest BCUT2D eigenvalue weighted by molar-refractivity contribution is 5.79. The number of carboxylic acids is 1. The summed E-state index contributed by atoms with van der Waals surface area (Å²) in [6.45, 7) is 6.23. The Balaban J connectivity index is 0. The summed E-state index contributed by atoms with van der Waals surface area (Å²) >= 11 is 0. The van der Waals surface area contributed by atoms with Gasteiger partial charge in [0.25, 0.3) is 0 Å². The summed E-state index contributed by atoms with van der Waals surface area (Å²) in [4.78, 5) is 21.4. The Morgan fingerprint density at radius 2 is 1.06 bits per heavy atom. The molecule has 0 aromatic carbocycles. The summed E-state index contributed by atoms with van der Waals surface area (Å²) in [5.74, 6) is -1.30. The maximum Gasteiger partial charge on any atom is 0.325 e. The van der Waals surface area contributed by atoms with Crippen LogP contribution in [0.2, 0.25) is 0 Å². The average molecular weight is 473 g/mol. The molecule has 0 atom stereocenters. The van der Waals surface area contributed by atoms with Gasteiger partial charge in [-0.25, -0.2) is 0 Å². The Bertz CT molecular complexity index is 468. The van der Waals surface area contributed by atoms with Crippen molar-refractivity contribution in [2.24, 2.45) is 5.73 Å². The van der Waals surface area contributed by atoms with Crippen molar-refractivity contribution in [3.63, 3.8) is 0 Å². The van der Waals surface area contributed by atoms with E-state index in [1.807, 2.05) is 0 Å². The van der Waals surface area contributed by atoms with Crippen LogP contribution < -0.4 is 10.8 Å². The minimum absolute atomic E-state index is 0.0694. The molecule has 0 aliphatic carbocycles. The molecule has 0 aromatic heterocycles. The topological polar surface area (TPSA) is 92.5 Å². The molecule has 6 heteroatoms. The fourth-order valence-electron chi connectivity index (χ4n) is 3.39. The van der Waals surface area contributed by atoms with Crippen LogP contribution in [0.1, 0.15) is 124 Å². The molecule has 0 spiro atoms. The number of quaternary nitrogens is 1. The molecule has 0 saturated heterocycles. The molecule has 198 valence electrons. The fourth-order valence-corrected chi connectivity index (χ4v) is 3.39. The maximum atomic E-state index is 11.5. The molecule has 0 heterocycles. The first-order chi connectivity index (χ1) is 15.4. The van der Waals surface area contributed by atoms with E-state index in [9.17, 15) is 14.7 Å². The van der Waals surface area contributed by atoms with Gasteiger partial charge in [0.15, 0.2) is 0 Å². The van der Waals surface area contributed by atoms with Crippen molar-refractivity contribution in [2.45, 2.75) is 129 Å². The van der Waals surface area contributed by atoms with Gasteiger partial charge in [-0.15, -0.1) is 0 Å². The Hall–Kier alpha value is -1.14. The molecule has 0 saturated carbocycles. The molecule has 0 rings (SSSR count). The van der Waals surface area contributed by atoms with Gasteiger partial charge in [-0.2, -0.15) is 0 Å². The van der Waals surface area contributed by atoms with Gasteiger partial charge in [0.2, 0.25) is 0 Å². The van der Waals surface area contributed by atoms with Crippen LogP contribution in [0.25, 0.3) is 0 Å². The molecule has 0 fully saturated rings. The SMILES string of the molecule is CCCCCCCCCCCCCCCCCCOC(=O)C(C)(C)N.C[N+](C)(C)CC(=O)[O-]. The number of esters is 1. The van der Waals surface area contributed by atoms with Crippen molar-refractivity contribution in [1.29, 1.82) is 0 Å². The highest BCUT2D eigenvalue weighted by Crippen LogP contribution is 2.13. The smallest absolute Gasteiger partial charge is 0.325 e. The zero-order chi connectivity index (χ0) is 25.6. The molecule has 33 heavy (non-hydrogen) atoms. The molecule has 0 unspecified atom stereocenters. The van der Waals surface area contributed by atoms with E-state index in [0.717, 1.165) is 12.8 Å². The van der Waals surface area contributed by atoms with Gasteiger partial charge < -0.3 is 24.9 Å². The second kappa shape index (κ2) is 21.4. The molecule has 2 N–H and O–H groups in total. The lowest BCUT2D eigenvalue weighted by atomic mass is 10.0. The Morgan fingerprint density at radius 1 is 0.727 bits per heavy atom. The molecule has 0 aliphatic heterocycles. The molecule has 0 amide bonds. The first kappa shape index (κ1) is 34.0. The van der Waals surface area contributed by atoms with Crippen molar-refractivity contribution >= 4 is 11.9 Å². The van der Waals surface area contributed by atoms with Crippen LogP contribution in [0.3, 0.4) is 0 Å². The standard InChI is InChI=1S/C22H45NO2.C5H11NO2/c1-4-5-6-7-8-9-10-11-12-13-14-15-16-17-18-19-20-25-21(24)22(2,3)23;1-6(2,3)4-5(7)8/h4-20,23H2,1-3H3;4H2,1-3H3. The van der Waals surface area contributed by atoms with Gasteiger partial charge in [-0.3, -0.25) is 4.79 Å². The van der Waals surface area contributed by atoms with Crippen molar-refractivity contribution in [3.8, 4) is 0 Å². The van der Waals surface area contributed by atoms with E-state index >= 15 is 0 Å². The van der Waals surface area contributed by atoms with Crippen LogP contribution in [-0.4, -0.2) is 56.3 Å². The molecule has 0 radical (unpaired) electrons. The average Bonchev–Trinajstić information content (AvgIpc) is 2.68. The van der Waals surface area contributed by atoms with Crippen molar-refractivity contribution in [3.05, 3.63) is 0 Å². The number of carboxylic acid groups (broad SMARTS) is 1. The summed E-state index contributed by atoms with van der Waals surface area (Å²) < 4.78 is 5.58. The predicted molar refractivity (Wildman–Crippen MR) is 137 cm³/mol. The van der Waals surface area contributed by atoms with E-state index in [2.05, 4.69) is 6.92 Å². The monoisotopic (exact) mass is 472 g/mol. The van der Waals surface area contributed by atoms with Crippen LogP contribution in [0.5, 0.6) is 0 Å². The number of hydrogen-bond acceptors (Lipinski definition) is 5. The summed E-state index contributed by atoms with van der Waals surface area (Å²) in [6, 6.07) is 0. The highest BCUT2D eigenvalue weighted by atomic mass is 16.5. The van der Waals surface area contributed by atoms with Crippen LogP contribution in [0.4, 0.5) is 0 Å². The van der Waals surface area contributed by atoms with Gasteiger partial charge in [0.05, 0.1) is 33.7 Å². The Kier molecular flexibility index (Phi) is 22.1. The third kappa shape index (κ3) is 30.9. The number of ether oxygens (including phenoxy) is 1. The van der Waals surface area contributed by atoms with Crippen molar-refractivity contribution in [2.75, 3.05) is 34.3 Å². The van der Waals surface area contributed by atoms with E-state index < -0.39 is 11.5 Å². The fraction of sp³-hybridized carbons (Fsp3) is 0.926. The van der Waals surface area contributed by atoms with Crippen LogP contribution >= 0.6 is 0 Å². The highest BCUT2D eigenvalue weighted by Gasteiger charge is 2.23. The zero-order valence-corrected chi connectivity index (χ0v) is 22.9. The largest absolute Gasteiger partial charge is 0.544 e. The summed E-state index contributed by atoms with van der Waals surface area (Å²) in [6.07, 6.45) is 21.6. The number of hydrogen-bond donors (Lipinski definition) is 1. The molecule has 6 nitrogen and oxygen atoms in total. The predicted octanol–water partition coefficient (Wildman–Crippen LogP) is 4.97. The van der Waals surface area contributed by atoms with E-state index in [-0.39, 0.29) is 12.5 Å². The lowest BCUT2D eigenvalue weighted by molar-refractivity contribution is -0.864. The minimum Gasteiger partial charge on any atom is -0.544 e. The van der Waals surface area contributed by atoms with E-state index in [1.165, 1.54) is 89.9 Å². The van der Waals surface area contributed by atoms with Crippen molar-refractivity contribution < 1.29 is 23.9 Å². The first-order valence-corrected chi connectivity index (χ1v) is 13.4. The molecule has 0 aromatic rings. The third-order valence-electron chi connectivity index (χ3n) is 5.36. The molecule has 0 bridgehead atoms. The normalized spacial score (nSPS) is 11.6. The molecular weight excluding hydrogens is 416 g/mol. The van der Waals surface area contributed by atoms with Gasteiger partial charge in [0, 0.05) is 0 Å². The van der Waals surface area contributed by atoms with Crippen molar-refractivity contribution in [1.82, 2.24) is 0 Å². The van der Waals surface area contributed by atoms with Gasteiger partial charge >= 0.3 is 5.97 Å². The lowest BCUT2D eigenvalue weighted by Gasteiger charge is -2.23. The quantitative estimate of drug-likeness (QED) is 0.153. The minimum atomic E-state index is -1.00. The van der Waals surface area contributed by atoms with E-state index in [1.54, 1.807) is 35.0 Å². The van der Waals surface area contributed by atoms with Gasteiger partial charge in [-0.1, -0.05) is 103 Å². The van der Waals surface area contributed by atoms with E-state index in [4.69, 9.17) is 10.5 Å². The summed E-state index contributed by atoms with van der Waals surface area (Å²) in [7, 11) is 5.40. The first-order valence-electron chi connectivity index (χ1n) is 13.4. The number of likely N-dealkylation sites (N-methyl/N-ethyl adjacent to an activating group) is 1. The number of nitrogens with zero attached hydrogens (tertiary/aromatic N) is 1. The molecular formula is C27H56N2O4. The number of rotatable bonds is 20. The third-order valence-corrected chi connectivity index (χ3v) is 5.36. The van der Waals surface area contributed by atoms with Gasteiger partial charge in [0.1, 0.15) is 12.1 Å². The second-order valence-corrected chi connectivity index (χ2v) is 11.0. The number of aliphatic carboxylic acids is 1. The Labute approximate surface area is 205 Å². The summed E-state index contributed by atoms with van der Waals surface area (Å²) in [5, 5.41) is 9.89. The second-order valence-electron chi connectivity index (χ2n) is 11.0. The molecule has 0 aliphatic rings. The van der Waals surface area contributed by atoms with Crippen LogP contribution in [0.15, 0.2) is 0 Å². The number of unbranched alkanes of at least 4 members (excludes halogenated alkanes) is 15. The number of nitrogens with two attached hydrogens (primary N) is 1. The number of carbonyl (C=O) groups is 2. The van der Waals surface area contributed by atoms with Crippen LogP contribution in [0, 0.1) is 0 Å². The van der Waals surface area contributed by atoms with Gasteiger partial charge in [-0.05, 0) is 20.3 Å². The summed E-state index contributed by atoms with van der Waals surface area (Å²) in [5.41, 5.74) is 4.81. The number of carbonyl (C=O) groups excluding carboxylic acids is 2. The maximum absolute atomic E-state index is 11.5.